The van der Waals surface area contributed by atoms with Crippen LogP contribution in [0, 0.1) is 13.8 Å². The molecule has 0 spiro atoms. The first-order valence-corrected chi connectivity index (χ1v) is 12.6. The Kier molecular flexibility index (Phi) is 7.15. The second-order valence-electron chi connectivity index (χ2n) is 8.62. The minimum absolute atomic E-state index is 0.107. The van der Waals surface area contributed by atoms with Gasteiger partial charge in [-0.2, -0.15) is 0 Å². The summed E-state index contributed by atoms with van der Waals surface area (Å²) in [6, 6.07) is 3.95. The molecule has 1 fully saturated rings. The zero-order chi connectivity index (χ0) is 22.1. The van der Waals surface area contributed by atoms with Crippen molar-refractivity contribution in [2.24, 2.45) is 0 Å². The Hall–Kier alpha value is -1.57. The first kappa shape index (κ1) is 23.1. The van der Waals surface area contributed by atoms with E-state index in [0.717, 1.165) is 53.5 Å². The zero-order valence-corrected chi connectivity index (χ0v) is 19.3. The summed E-state index contributed by atoms with van der Waals surface area (Å²) in [5.41, 5.74) is 5.89. The molecular formula is C23H33BO5S. The summed E-state index contributed by atoms with van der Waals surface area (Å²) in [5, 5.41) is 19.6. The van der Waals surface area contributed by atoms with Gasteiger partial charge in [-0.15, -0.1) is 0 Å². The molecule has 0 unspecified atom stereocenters. The monoisotopic (exact) mass is 432 g/mol. The first-order chi connectivity index (χ1) is 14.2. The lowest BCUT2D eigenvalue weighted by Gasteiger charge is -2.32. The van der Waals surface area contributed by atoms with Gasteiger partial charge in [-0.05, 0) is 73.9 Å². The maximum absolute atomic E-state index is 12.7. The summed E-state index contributed by atoms with van der Waals surface area (Å²) < 4.78 is 31.2. The molecule has 3 rings (SSSR count). The molecule has 2 aliphatic rings. The highest BCUT2D eigenvalue weighted by atomic mass is 32.2. The normalized spacial score (nSPS) is 23.8. The number of hydrogen-bond acceptors (Lipinski definition) is 5. The molecule has 0 bridgehead atoms. The van der Waals surface area contributed by atoms with Crippen LogP contribution in [0.5, 0.6) is 5.75 Å². The second kappa shape index (κ2) is 9.29. The van der Waals surface area contributed by atoms with E-state index in [2.05, 4.69) is 19.9 Å². The molecule has 2 heterocycles. The quantitative estimate of drug-likeness (QED) is 0.494. The summed E-state index contributed by atoms with van der Waals surface area (Å²) in [4.78, 5) is 0. The van der Waals surface area contributed by atoms with Crippen molar-refractivity contribution in [3.05, 3.63) is 45.5 Å². The van der Waals surface area contributed by atoms with Crippen LogP contribution in [0.4, 0.5) is 0 Å². The van der Waals surface area contributed by atoms with E-state index in [-0.39, 0.29) is 18.2 Å². The van der Waals surface area contributed by atoms with E-state index >= 15 is 0 Å². The number of phenolic OH excluding ortho intramolecular Hbond substituents is 1. The summed E-state index contributed by atoms with van der Waals surface area (Å²) >= 11 is 0. The smallest absolute Gasteiger partial charge is 0.456 e. The van der Waals surface area contributed by atoms with Gasteiger partial charge in [0.25, 0.3) is 0 Å². The van der Waals surface area contributed by atoms with E-state index in [9.17, 15) is 18.5 Å². The number of allylic oxidation sites excluding steroid dienone is 1. The van der Waals surface area contributed by atoms with E-state index in [4.69, 9.17) is 4.65 Å². The van der Waals surface area contributed by atoms with Gasteiger partial charge in [0, 0.05) is 6.32 Å². The maximum Gasteiger partial charge on any atom is 0.456 e. The van der Waals surface area contributed by atoms with Crippen LogP contribution < -0.4 is 0 Å². The Morgan fingerprint density at radius 3 is 2.53 bits per heavy atom. The van der Waals surface area contributed by atoms with Gasteiger partial charge in [-0.3, -0.25) is 0 Å². The number of sulfone groups is 1. The summed E-state index contributed by atoms with van der Waals surface area (Å²) in [5.74, 6) is 0.439. The van der Waals surface area contributed by atoms with Crippen molar-refractivity contribution in [1.29, 1.82) is 0 Å². The zero-order valence-electron chi connectivity index (χ0n) is 18.4. The van der Waals surface area contributed by atoms with Gasteiger partial charge in [0.1, 0.15) is 5.75 Å². The highest BCUT2D eigenvalue weighted by Gasteiger charge is 2.48. The van der Waals surface area contributed by atoms with Gasteiger partial charge in [-0.1, -0.05) is 37.5 Å². The van der Waals surface area contributed by atoms with Gasteiger partial charge >= 0.3 is 7.12 Å². The molecule has 7 heteroatoms. The topological polar surface area (TPSA) is 83.8 Å². The molecule has 0 aliphatic carbocycles. The van der Waals surface area contributed by atoms with Crippen molar-refractivity contribution in [1.82, 2.24) is 0 Å². The van der Waals surface area contributed by atoms with Gasteiger partial charge in [0.05, 0.1) is 17.1 Å². The number of hydrogen-bond donors (Lipinski definition) is 2. The predicted octanol–water partition coefficient (Wildman–Crippen LogP) is 4.36. The number of benzene rings is 1. The van der Waals surface area contributed by atoms with E-state index < -0.39 is 22.2 Å². The lowest BCUT2D eigenvalue weighted by atomic mass is 9.74. The fourth-order valence-electron chi connectivity index (χ4n) is 4.78. The molecule has 0 amide bonds. The van der Waals surface area contributed by atoms with Crippen LogP contribution in [-0.2, 0) is 14.5 Å². The van der Waals surface area contributed by atoms with Gasteiger partial charge < -0.3 is 14.8 Å². The van der Waals surface area contributed by atoms with Crippen LogP contribution in [0.3, 0.4) is 0 Å². The van der Waals surface area contributed by atoms with Crippen LogP contribution in [0.2, 0.25) is 6.32 Å². The van der Waals surface area contributed by atoms with Gasteiger partial charge in [-0.25, -0.2) is 8.42 Å². The van der Waals surface area contributed by atoms with Crippen LogP contribution in [0.1, 0.15) is 62.6 Å². The third-order valence-electron chi connectivity index (χ3n) is 6.27. The molecule has 164 valence electrons. The highest BCUT2D eigenvalue weighted by molar-refractivity contribution is 7.92. The van der Waals surface area contributed by atoms with Crippen LogP contribution in [-0.4, -0.2) is 42.8 Å². The maximum atomic E-state index is 12.7. The molecule has 1 saturated heterocycles. The van der Waals surface area contributed by atoms with E-state index in [0.29, 0.717) is 12.2 Å². The largest absolute Gasteiger partial charge is 0.507 e. The van der Waals surface area contributed by atoms with Crippen molar-refractivity contribution in [2.45, 2.75) is 77.5 Å². The average Bonchev–Trinajstić information content (AvgIpc) is 2.93. The molecular weight excluding hydrogens is 399 g/mol. The number of rotatable bonds is 7. The number of aromatic hydroxyl groups is 1. The summed E-state index contributed by atoms with van der Waals surface area (Å²) in [6.45, 7) is 7.95. The van der Waals surface area contributed by atoms with Crippen molar-refractivity contribution < 1.29 is 23.2 Å². The first-order valence-electron chi connectivity index (χ1n) is 10.9. The lowest BCUT2D eigenvalue weighted by molar-refractivity contribution is 0.169. The highest BCUT2D eigenvalue weighted by Crippen LogP contribution is 2.41. The fourth-order valence-corrected chi connectivity index (χ4v) is 6.94. The van der Waals surface area contributed by atoms with Crippen LogP contribution in [0.15, 0.2) is 28.9 Å². The molecule has 1 aromatic rings. The Morgan fingerprint density at radius 1 is 1.27 bits per heavy atom. The number of aryl methyl sites for hydroxylation is 2. The third-order valence-corrected chi connectivity index (χ3v) is 8.33. The number of fused-ring (bicyclic) bond motifs is 1. The van der Waals surface area contributed by atoms with Crippen LogP contribution >= 0.6 is 0 Å². The Bertz CT molecular complexity index is 941. The predicted molar refractivity (Wildman–Crippen MR) is 122 cm³/mol. The Labute approximate surface area is 180 Å². The molecule has 1 aromatic carbocycles. The minimum atomic E-state index is -3.24. The SMILES string of the molecule is CCCC1=C2[C@@H](CC/C(=C/c3cc(C)c(O)c(C)c3)CC)OB(O)C[C@@H]2S(=O)(=O)C1. The molecule has 0 aromatic heterocycles. The van der Waals surface area contributed by atoms with Crippen molar-refractivity contribution in [3.63, 3.8) is 0 Å². The van der Waals surface area contributed by atoms with Crippen molar-refractivity contribution in [3.8, 4) is 5.75 Å². The molecule has 0 saturated carbocycles. The fraction of sp³-hybridized carbons (Fsp3) is 0.565. The third kappa shape index (κ3) is 4.84. The molecule has 5 nitrogen and oxygen atoms in total. The minimum Gasteiger partial charge on any atom is -0.507 e. The van der Waals surface area contributed by atoms with E-state index in [1.165, 1.54) is 5.57 Å². The van der Waals surface area contributed by atoms with Gasteiger partial charge in [0.15, 0.2) is 9.84 Å². The van der Waals surface area contributed by atoms with Gasteiger partial charge in [0.2, 0.25) is 0 Å². The van der Waals surface area contributed by atoms with E-state index in [1.54, 1.807) is 0 Å². The lowest BCUT2D eigenvalue weighted by Crippen LogP contribution is -2.41. The molecule has 2 N–H and O–H groups in total. The second-order valence-corrected chi connectivity index (χ2v) is 10.8. The number of phenols is 1. The van der Waals surface area contributed by atoms with E-state index in [1.807, 2.05) is 26.0 Å². The molecule has 2 aliphatic heterocycles. The van der Waals surface area contributed by atoms with Crippen molar-refractivity contribution in [2.75, 3.05) is 5.75 Å². The molecule has 2 atom stereocenters. The Balaban J connectivity index is 1.82. The Morgan fingerprint density at radius 2 is 1.93 bits per heavy atom. The summed E-state index contributed by atoms with van der Waals surface area (Å²) in [6.07, 6.45) is 5.89. The molecule has 0 radical (unpaired) electrons. The summed E-state index contributed by atoms with van der Waals surface area (Å²) in [7, 11) is -4.27. The average molecular weight is 432 g/mol. The molecule has 30 heavy (non-hydrogen) atoms. The van der Waals surface area contributed by atoms with Crippen LogP contribution in [0.25, 0.3) is 6.08 Å². The standard InChI is InChI=1S/C23H33BO5S/c1-5-7-19-14-30(27,28)21-13-24(26)29-20(22(19)21)9-8-17(6-2)12-18-10-15(3)23(25)16(4)11-18/h10-12,20-21,25-26H,5-9,13-14H2,1-4H3/b17-12+/t20-,21+/m1/s1. The van der Waals surface area contributed by atoms with Crippen molar-refractivity contribution >= 4 is 23.0 Å².